The first-order valence-corrected chi connectivity index (χ1v) is 6.94. The molecule has 2 rings (SSSR count). The van der Waals surface area contributed by atoms with Gasteiger partial charge in [-0.05, 0) is 30.7 Å². The standard InChI is InChI=1S/C15H12ClF3N2O2/c1-9(20-13-4-2-3-5-14(13)21(22)23)11-7-6-10(16)8-12(11)15(17,18)19/h2-9,20H,1H3. The summed E-state index contributed by atoms with van der Waals surface area (Å²) in [5.41, 5.74) is -0.974. The first-order valence-electron chi connectivity index (χ1n) is 6.56. The second-order valence-corrected chi connectivity index (χ2v) is 5.31. The molecule has 0 radical (unpaired) electrons. The molecule has 0 amide bonds. The third-order valence-corrected chi connectivity index (χ3v) is 3.50. The average molecular weight is 345 g/mol. The molecule has 1 N–H and O–H groups in total. The van der Waals surface area contributed by atoms with Gasteiger partial charge in [-0.15, -0.1) is 0 Å². The molecule has 0 spiro atoms. The zero-order valence-electron chi connectivity index (χ0n) is 11.9. The Labute approximate surface area is 135 Å². The smallest absolute Gasteiger partial charge is 0.373 e. The lowest BCUT2D eigenvalue weighted by Gasteiger charge is -2.20. The summed E-state index contributed by atoms with van der Waals surface area (Å²) in [7, 11) is 0. The summed E-state index contributed by atoms with van der Waals surface area (Å²) in [5.74, 6) is 0. The Morgan fingerprint density at radius 1 is 1.22 bits per heavy atom. The Hall–Kier alpha value is -2.28. The van der Waals surface area contributed by atoms with Crippen LogP contribution in [-0.2, 0) is 6.18 Å². The molecule has 0 aliphatic rings. The van der Waals surface area contributed by atoms with E-state index in [-0.39, 0.29) is 22.0 Å². The van der Waals surface area contributed by atoms with Crippen molar-refractivity contribution >= 4 is 23.0 Å². The largest absolute Gasteiger partial charge is 0.416 e. The molecular formula is C15H12ClF3N2O2. The van der Waals surface area contributed by atoms with E-state index in [0.29, 0.717) is 0 Å². The molecule has 122 valence electrons. The molecule has 2 aromatic rings. The van der Waals surface area contributed by atoms with E-state index in [2.05, 4.69) is 5.32 Å². The van der Waals surface area contributed by atoms with Crippen LogP contribution in [0.25, 0.3) is 0 Å². The predicted molar refractivity (Wildman–Crippen MR) is 81.6 cm³/mol. The molecule has 0 saturated heterocycles. The number of anilines is 1. The van der Waals surface area contributed by atoms with Crippen LogP contribution in [0.3, 0.4) is 0 Å². The van der Waals surface area contributed by atoms with Crippen molar-refractivity contribution in [3.8, 4) is 0 Å². The minimum atomic E-state index is -4.57. The van der Waals surface area contributed by atoms with Crippen LogP contribution in [0.5, 0.6) is 0 Å². The molecule has 0 bridgehead atoms. The molecule has 0 aromatic heterocycles. The van der Waals surface area contributed by atoms with Crippen molar-refractivity contribution in [1.29, 1.82) is 0 Å². The van der Waals surface area contributed by atoms with Crippen LogP contribution in [0.1, 0.15) is 24.1 Å². The molecule has 0 fully saturated rings. The summed E-state index contributed by atoms with van der Waals surface area (Å²) >= 11 is 5.64. The fraction of sp³-hybridized carbons (Fsp3) is 0.200. The predicted octanol–water partition coefficient (Wildman–Crippen LogP) is 5.44. The topological polar surface area (TPSA) is 55.2 Å². The minimum Gasteiger partial charge on any atom is -0.373 e. The molecule has 0 aliphatic heterocycles. The maximum absolute atomic E-state index is 13.1. The molecule has 0 saturated carbocycles. The van der Waals surface area contributed by atoms with Crippen LogP contribution >= 0.6 is 11.6 Å². The molecule has 1 unspecified atom stereocenters. The van der Waals surface area contributed by atoms with Crippen molar-refractivity contribution in [2.75, 3.05) is 5.32 Å². The third kappa shape index (κ3) is 3.92. The molecular weight excluding hydrogens is 333 g/mol. The number of nitro groups is 1. The van der Waals surface area contributed by atoms with E-state index in [0.717, 1.165) is 6.07 Å². The van der Waals surface area contributed by atoms with Crippen LogP contribution in [0.2, 0.25) is 5.02 Å². The van der Waals surface area contributed by atoms with Gasteiger partial charge in [0.15, 0.2) is 0 Å². The summed E-state index contributed by atoms with van der Waals surface area (Å²) in [6.45, 7) is 1.50. The highest BCUT2D eigenvalue weighted by Crippen LogP contribution is 2.37. The molecule has 4 nitrogen and oxygen atoms in total. The second-order valence-electron chi connectivity index (χ2n) is 4.87. The number of benzene rings is 2. The van der Waals surface area contributed by atoms with Crippen molar-refractivity contribution in [2.24, 2.45) is 0 Å². The molecule has 2 aromatic carbocycles. The van der Waals surface area contributed by atoms with Crippen molar-refractivity contribution in [1.82, 2.24) is 0 Å². The molecule has 23 heavy (non-hydrogen) atoms. The molecule has 8 heteroatoms. The van der Waals surface area contributed by atoms with Gasteiger partial charge in [0, 0.05) is 17.1 Å². The summed E-state index contributed by atoms with van der Waals surface area (Å²) in [6, 6.07) is 8.42. The van der Waals surface area contributed by atoms with Crippen LogP contribution in [0.4, 0.5) is 24.5 Å². The lowest BCUT2D eigenvalue weighted by Crippen LogP contribution is -2.15. The van der Waals surface area contributed by atoms with Gasteiger partial charge in [0.25, 0.3) is 5.69 Å². The third-order valence-electron chi connectivity index (χ3n) is 3.26. The van der Waals surface area contributed by atoms with E-state index >= 15 is 0 Å². The summed E-state index contributed by atoms with van der Waals surface area (Å²) in [4.78, 5) is 10.4. The Morgan fingerprint density at radius 2 is 1.87 bits per heavy atom. The number of nitrogens with one attached hydrogen (secondary N) is 1. The number of nitrogens with zero attached hydrogens (tertiary/aromatic N) is 1. The van der Waals surface area contributed by atoms with Gasteiger partial charge in [0.2, 0.25) is 0 Å². The van der Waals surface area contributed by atoms with E-state index in [1.807, 2.05) is 0 Å². The quantitative estimate of drug-likeness (QED) is 0.593. The molecule has 0 heterocycles. The van der Waals surface area contributed by atoms with Gasteiger partial charge >= 0.3 is 6.18 Å². The number of nitro benzene ring substituents is 1. The Kier molecular flexibility index (Phi) is 4.79. The summed E-state index contributed by atoms with van der Waals surface area (Å²) < 4.78 is 39.4. The van der Waals surface area contributed by atoms with Crippen molar-refractivity contribution in [3.63, 3.8) is 0 Å². The molecule has 1 atom stereocenters. The van der Waals surface area contributed by atoms with Gasteiger partial charge in [-0.25, -0.2) is 0 Å². The lowest BCUT2D eigenvalue weighted by molar-refractivity contribution is -0.384. The number of para-hydroxylation sites is 2. The Balaban J connectivity index is 2.39. The zero-order chi connectivity index (χ0) is 17.2. The van der Waals surface area contributed by atoms with Crippen LogP contribution in [-0.4, -0.2) is 4.92 Å². The maximum Gasteiger partial charge on any atom is 0.416 e. The average Bonchev–Trinajstić information content (AvgIpc) is 2.46. The SMILES string of the molecule is CC(Nc1ccccc1[N+](=O)[O-])c1ccc(Cl)cc1C(F)(F)F. The van der Waals surface area contributed by atoms with Crippen molar-refractivity contribution in [2.45, 2.75) is 19.1 Å². The fourth-order valence-electron chi connectivity index (χ4n) is 2.22. The van der Waals surface area contributed by atoms with Crippen molar-refractivity contribution in [3.05, 3.63) is 68.7 Å². The van der Waals surface area contributed by atoms with Crippen LogP contribution < -0.4 is 5.32 Å². The minimum absolute atomic E-state index is 0.0287. The van der Waals surface area contributed by atoms with Crippen LogP contribution in [0.15, 0.2) is 42.5 Å². The monoisotopic (exact) mass is 344 g/mol. The number of rotatable bonds is 4. The van der Waals surface area contributed by atoms with Gasteiger partial charge in [0.1, 0.15) is 5.69 Å². The molecule has 0 aliphatic carbocycles. The number of hydrogen-bond acceptors (Lipinski definition) is 3. The van der Waals surface area contributed by atoms with Crippen LogP contribution in [0, 0.1) is 10.1 Å². The summed E-state index contributed by atoms with van der Waals surface area (Å²) in [6.07, 6.45) is -4.57. The van der Waals surface area contributed by atoms with E-state index in [1.54, 1.807) is 6.07 Å². The van der Waals surface area contributed by atoms with Gasteiger partial charge in [0.05, 0.1) is 10.5 Å². The zero-order valence-corrected chi connectivity index (χ0v) is 12.7. The first kappa shape index (κ1) is 17.1. The number of alkyl halides is 3. The highest BCUT2D eigenvalue weighted by Gasteiger charge is 2.35. The fourth-order valence-corrected chi connectivity index (χ4v) is 2.39. The van der Waals surface area contributed by atoms with E-state index in [4.69, 9.17) is 11.6 Å². The normalized spacial score (nSPS) is 12.7. The first-order chi connectivity index (χ1) is 10.7. The maximum atomic E-state index is 13.1. The number of halogens is 4. The highest BCUT2D eigenvalue weighted by molar-refractivity contribution is 6.30. The van der Waals surface area contributed by atoms with Gasteiger partial charge in [-0.3, -0.25) is 10.1 Å². The van der Waals surface area contributed by atoms with Gasteiger partial charge < -0.3 is 5.32 Å². The highest BCUT2D eigenvalue weighted by atomic mass is 35.5. The van der Waals surface area contributed by atoms with Gasteiger partial charge in [-0.2, -0.15) is 13.2 Å². The lowest BCUT2D eigenvalue weighted by atomic mass is 10.0. The summed E-state index contributed by atoms with van der Waals surface area (Å²) in [5, 5.41) is 13.7. The van der Waals surface area contributed by atoms with Gasteiger partial charge in [-0.1, -0.05) is 29.8 Å². The second kappa shape index (κ2) is 6.45. The van der Waals surface area contributed by atoms with E-state index in [9.17, 15) is 23.3 Å². The number of hydrogen-bond donors (Lipinski definition) is 1. The Bertz CT molecular complexity index is 735. The van der Waals surface area contributed by atoms with Crippen molar-refractivity contribution < 1.29 is 18.1 Å². The Morgan fingerprint density at radius 3 is 2.48 bits per heavy atom. The van der Waals surface area contributed by atoms with E-state index in [1.165, 1.54) is 37.3 Å². The van der Waals surface area contributed by atoms with E-state index < -0.39 is 22.7 Å².